The first-order valence-corrected chi connectivity index (χ1v) is 12.2. The lowest BCUT2D eigenvalue weighted by atomic mass is 10.0. The van der Waals surface area contributed by atoms with Crippen LogP contribution in [0.25, 0.3) is 33.3 Å². The van der Waals surface area contributed by atoms with Crippen LogP contribution in [-0.4, -0.2) is 24.0 Å². The second kappa shape index (κ2) is 9.84. The van der Waals surface area contributed by atoms with E-state index >= 15 is 0 Å². The maximum Gasteiger partial charge on any atom is 0.281 e. The molecule has 0 atom stereocenters. The number of nitrogens with one attached hydrogen (secondary N) is 1. The largest absolute Gasteiger partial charge is 0.494 e. The van der Waals surface area contributed by atoms with Crippen molar-refractivity contribution in [2.24, 2.45) is 7.05 Å². The Balaban J connectivity index is 1.62. The van der Waals surface area contributed by atoms with Crippen LogP contribution in [0.15, 0.2) is 81.1 Å². The van der Waals surface area contributed by atoms with E-state index in [4.69, 9.17) is 6.57 Å². The lowest BCUT2D eigenvalue weighted by Gasteiger charge is -2.15. The molecule has 3 aromatic heterocycles. The van der Waals surface area contributed by atoms with Crippen molar-refractivity contribution in [2.75, 3.05) is 0 Å². The molecule has 0 fully saturated rings. The molecule has 194 valence electrons. The number of aromatic amines is 1. The van der Waals surface area contributed by atoms with Gasteiger partial charge < -0.3 is 5.11 Å². The van der Waals surface area contributed by atoms with Crippen LogP contribution < -0.4 is 16.7 Å². The molecule has 0 spiro atoms. The van der Waals surface area contributed by atoms with E-state index in [2.05, 4.69) is 9.94 Å². The number of benzene rings is 2. The summed E-state index contributed by atoms with van der Waals surface area (Å²) in [5.41, 5.74) is 1.87. The van der Waals surface area contributed by atoms with Crippen LogP contribution in [0, 0.1) is 20.4 Å². The number of aromatic hydroxyl groups is 1. The van der Waals surface area contributed by atoms with Gasteiger partial charge >= 0.3 is 0 Å². The molecule has 0 bridgehead atoms. The second-order valence-electron chi connectivity index (χ2n) is 9.18. The van der Waals surface area contributed by atoms with Crippen molar-refractivity contribution in [3.05, 3.63) is 131 Å². The summed E-state index contributed by atoms with van der Waals surface area (Å²) in [6.07, 6.45) is 3.45. The van der Waals surface area contributed by atoms with Crippen molar-refractivity contribution < 1.29 is 5.11 Å². The van der Waals surface area contributed by atoms with Gasteiger partial charge in [-0.2, -0.15) is 0 Å². The van der Waals surface area contributed by atoms with Crippen LogP contribution >= 0.6 is 0 Å². The van der Waals surface area contributed by atoms with Gasteiger partial charge in [-0.15, -0.1) is 0 Å². The molecule has 0 unspecified atom stereocenters. The van der Waals surface area contributed by atoms with Crippen LogP contribution in [0.4, 0.5) is 5.69 Å². The predicted octanol–water partition coefficient (Wildman–Crippen LogP) is 4.30. The van der Waals surface area contributed by atoms with E-state index in [-0.39, 0.29) is 29.1 Å². The first-order valence-electron chi connectivity index (χ1n) is 12.2. The molecule has 2 aromatic carbocycles. The molecule has 0 saturated heterocycles. The third kappa shape index (κ3) is 4.08. The summed E-state index contributed by atoms with van der Waals surface area (Å²) in [6, 6.07) is 17.7. The monoisotopic (exact) mass is 519 g/mol. The standard InChI is InChI=1S/C30H25N5O4/c1-18-22(27(36)33(4)26-24(18)29(38)35(32-26)21-14-9-6-10-15-21)16-11-17-23-19(2)25(31-3)30(39)34(28(23)37)20-12-7-5-8-13-20/h5-16,32,37H,17H2,1-2,4H3. The minimum Gasteiger partial charge on any atom is -0.494 e. The van der Waals surface area contributed by atoms with Crippen molar-refractivity contribution in [3.8, 4) is 17.3 Å². The highest BCUT2D eigenvalue weighted by Crippen LogP contribution is 2.29. The fraction of sp³-hybridized carbons (Fsp3) is 0.133. The van der Waals surface area contributed by atoms with Crippen molar-refractivity contribution in [2.45, 2.75) is 20.3 Å². The van der Waals surface area contributed by atoms with E-state index in [1.54, 1.807) is 75.5 Å². The third-order valence-corrected chi connectivity index (χ3v) is 6.96. The zero-order valence-electron chi connectivity index (χ0n) is 21.6. The Kier molecular flexibility index (Phi) is 6.38. The molecule has 0 radical (unpaired) electrons. The smallest absolute Gasteiger partial charge is 0.281 e. The molecule has 0 saturated carbocycles. The molecule has 5 aromatic rings. The number of rotatable bonds is 5. The molecule has 0 aliphatic rings. The van der Waals surface area contributed by atoms with Crippen molar-refractivity contribution >= 4 is 22.8 Å². The topological polar surface area (TPSA) is 106 Å². The summed E-state index contributed by atoms with van der Waals surface area (Å²) >= 11 is 0. The zero-order valence-corrected chi connectivity index (χ0v) is 21.6. The van der Waals surface area contributed by atoms with E-state index < -0.39 is 5.56 Å². The van der Waals surface area contributed by atoms with Crippen LogP contribution in [0.1, 0.15) is 22.3 Å². The molecular weight excluding hydrogens is 494 g/mol. The highest BCUT2D eigenvalue weighted by Gasteiger charge is 2.20. The fourth-order valence-corrected chi connectivity index (χ4v) is 4.83. The van der Waals surface area contributed by atoms with Gasteiger partial charge in [-0.3, -0.25) is 28.6 Å². The summed E-state index contributed by atoms with van der Waals surface area (Å²) in [6.45, 7) is 10.9. The lowest BCUT2D eigenvalue weighted by Crippen LogP contribution is -2.22. The zero-order chi connectivity index (χ0) is 27.8. The number of aromatic nitrogens is 4. The van der Waals surface area contributed by atoms with Crippen LogP contribution in [-0.2, 0) is 13.5 Å². The quantitative estimate of drug-likeness (QED) is 0.338. The molecule has 3 heterocycles. The molecule has 0 aliphatic carbocycles. The van der Waals surface area contributed by atoms with Gasteiger partial charge in [0.2, 0.25) is 0 Å². The van der Waals surface area contributed by atoms with Gasteiger partial charge in [0.25, 0.3) is 22.4 Å². The SMILES string of the molecule is [C-]#[N+]c1c(C)c(CC=Cc2c(C)c3c(=O)n(-c4ccccc4)[nH]c3n(C)c2=O)c(O)n(-c2ccccc2)c1=O. The Labute approximate surface area is 222 Å². The maximum absolute atomic E-state index is 13.3. The maximum atomic E-state index is 13.3. The van der Waals surface area contributed by atoms with Crippen LogP contribution in [0.2, 0.25) is 0 Å². The number of para-hydroxylation sites is 2. The summed E-state index contributed by atoms with van der Waals surface area (Å²) < 4.78 is 3.93. The Bertz CT molecular complexity index is 1990. The van der Waals surface area contributed by atoms with E-state index in [0.717, 1.165) is 4.57 Å². The highest BCUT2D eigenvalue weighted by molar-refractivity contribution is 5.82. The summed E-state index contributed by atoms with van der Waals surface area (Å²) in [7, 11) is 1.60. The van der Waals surface area contributed by atoms with Crippen molar-refractivity contribution in [1.82, 2.24) is 18.9 Å². The van der Waals surface area contributed by atoms with Crippen molar-refractivity contribution in [1.29, 1.82) is 0 Å². The number of aryl methyl sites for hydroxylation is 2. The van der Waals surface area contributed by atoms with Gasteiger partial charge in [0, 0.05) is 18.2 Å². The van der Waals surface area contributed by atoms with Crippen molar-refractivity contribution in [3.63, 3.8) is 0 Å². The fourth-order valence-electron chi connectivity index (χ4n) is 4.83. The molecular formula is C30H25N5O4. The molecule has 39 heavy (non-hydrogen) atoms. The Morgan fingerprint density at radius 2 is 1.51 bits per heavy atom. The molecule has 0 aliphatic heterocycles. The Hall–Kier alpha value is -5.36. The van der Waals surface area contributed by atoms with Gasteiger partial charge in [-0.25, -0.2) is 9.53 Å². The Morgan fingerprint density at radius 3 is 2.13 bits per heavy atom. The number of fused-ring (bicyclic) bond motifs is 1. The number of allylic oxidation sites excluding steroid dienone is 1. The van der Waals surface area contributed by atoms with Crippen LogP contribution in [0.5, 0.6) is 5.88 Å². The lowest BCUT2D eigenvalue weighted by molar-refractivity contribution is 0.429. The predicted molar refractivity (Wildman–Crippen MR) is 151 cm³/mol. The third-order valence-electron chi connectivity index (χ3n) is 6.96. The molecule has 2 N–H and O–H groups in total. The Morgan fingerprint density at radius 1 is 0.897 bits per heavy atom. The number of H-pyrrole nitrogens is 1. The molecule has 9 nitrogen and oxygen atoms in total. The van der Waals surface area contributed by atoms with E-state index in [1.807, 2.05) is 18.2 Å². The first-order chi connectivity index (χ1) is 18.8. The van der Waals surface area contributed by atoms with E-state index in [9.17, 15) is 19.5 Å². The van der Waals surface area contributed by atoms with E-state index in [0.29, 0.717) is 44.7 Å². The van der Waals surface area contributed by atoms with Gasteiger partial charge in [-0.1, -0.05) is 48.6 Å². The number of hydrogen-bond donors (Lipinski definition) is 2. The summed E-state index contributed by atoms with van der Waals surface area (Å²) in [4.78, 5) is 43.0. The first kappa shape index (κ1) is 25.3. The van der Waals surface area contributed by atoms with Gasteiger partial charge in [-0.05, 0) is 55.7 Å². The van der Waals surface area contributed by atoms with E-state index in [1.165, 1.54) is 9.25 Å². The molecule has 0 amide bonds. The second-order valence-corrected chi connectivity index (χ2v) is 9.18. The van der Waals surface area contributed by atoms with Gasteiger partial charge in [0.1, 0.15) is 5.65 Å². The minimum atomic E-state index is -0.601. The molecule has 9 heteroatoms. The van der Waals surface area contributed by atoms with Gasteiger partial charge in [0.15, 0.2) is 5.88 Å². The highest BCUT2D eigenvalue weighted by atomic mass is 16.3. The number of pyridine rings is 2. The number of hydrogen-bond acceptors (Lipinski definition) is 4. The normalized spacial score (nSPS) is 11.3. The van der Waals surface area contributed by atoms with Gasteiger partial charge in [0.05, 0.1) is 23.3 Å². The number of nitrogens with zero attached hydrogens (tertiary/aromatic N) is 4. The average molecular weight is 520 g/mol. The van der Waals surface area contributed by atoms with Crippen LogP contribution in [0.3, 0.4) is 0 Å². The summed E-state index contributed by atoms with van der Waals surface area (Å²) in [5.74, 6) is -0.266. The average Bonchev–Trinajstić information content (AvgIpc) is 3.29. The minimum absolute atomic E-state index is 0.0812. The summed E-state index contributed by atoms with van der Waals surface area (Å²) in [5, 5.41) is 14.5. The molecule has 5 rings (SSSR count).